The van der Waals surface area contributed by atoms with Crippen LogP contribution in [0.3, 0.4) is 0 Å². The van der Waals surface area contributed by atoms with Crippen LogP contribution in [0, 0.1) is 11.8 Å². The van der Waals surface area contributed by atoms with Crippen LogP contribution in [0.1, 0.15) is 59.8 Å². The van der Waals surface area contributed by atoms with Crippen LogP contribution in [0.15, 0.2) is 12.2 Å². The molecule has 144 valence electrons. The zero-order valence-electron chi connectivity index (χ0n) is 16.2. The van der Waals surface area contributed by atoms with Crippen molar-refractivity contribution in [2.45, 2.75) is 65.4 Å². The number of carbonyl (C=O) groups is 2. The SMILES string of the molecule is CC/C=C\C[C@H]1C(=O)CC[C@@H]1CCOCCOCC(=O)OC(C)(C)C. The summed E-state index contributed by atoms with van der Waals surface area (Å²) in [5.41, 5.74) is -0.488. The van der Waals surface area contributed by atoms with E-state index in [-0.39, 0.29) is 18.5 Å². The summed E-state index contributed by atoms with van der Waals surface area (Å²) in [5, 5.41) is 0. The summed E-state index contributed by atoms with van der Waals surface area (Å²) >= 11 is 0. The number of allylic oxidation sites excluding steroid dienone is 2. The molecule has 0 spiro atoms. The highest BCUT2D eigenvalue weighted by Crippen LogP contribution is 2.34. The van der Waals surface area contributed by atoms with Gasteiger partial charge >= 0.3 is 5.97 Å². The lowest BCUT2D eigenvalue weighted by molar-refractivity contribution is -0.160. The highest BCUT2D eigenvalue weighted by molar-refractivity contribution is 5.83. The van der Waals surface area contributed by atoms with Gasteiger partial charge in [-0.2, -0.15) is 0 Å². The van der Waals surface area contributed by atoms with Gasteiger partial charge in [-0.3, -0.25) is 4.79 Å². The number of carbonyl (C=O) groups excluding carboxylic acids is 2. The molecule has 0 aromatic carbocycles. The lowest BCUT2D eigenvalue weighted by Gasteiger charge is -2.19. The molecule has 5 nitrogen and oxygen atoms in total. The molecule has 1 aliphatic carbocycles. The summed E-state index contributed by atoms with van der Waals surface area (Å²) in [6.07, 6.45) is 8.71. The van der Waals surface area contributed by atoms with Gasteiger partial charge in [0.25, 0.3) is 0 Å². The Bertz CT molecular complexity index is 436. The maximum atomic E-state index is 12.0. The molecule has 1 aliphatic rings. The number of hydrogen-bond donors (Lipinski definition) is 0. The topological polar surface area (TPSA) is 61.8 Å². The Morgan fingerprint density at radius 2 is 1.88 bits per heavy atom. The molecule has 1 rings (SSSR count). The summed E-state index contributed by atoms with van der Waals surface area (Å²) < 4.78 is 16.0. The lowest BCUT2D eigenvalue weighted by atomic mass is 9.90. The molecule has 1 saturated carbocycles. The van der Waals surface area contributed by atoms with Crippen LogP contribution in [0.2, 0.25) is 0 Å². The van der Waals surface area contributed by atoms with Gasteiger partial charge in [0.1, 0.15) is 18.0 Å². The van der Waals surface area contributed by atoms with Gasteiger partial charge in [0, 0.05) is 18.9 Å². The normalized spacial score (nSPS) is 21.2. The first-order valence-electron chi connectivity index (χ1n) is 9.38. The Morgan fingerprint density at radius 1 is 1.16 bits per heavy atom. The lowest BCUT2D eigenvalue weighted by Crippen LogP contribution is -2.27. The number of ketones is 1. The summed E-state index contributed by atoms with van der Waals surface area (Å²) in [6.45, 7) is 8.97. The van der Waals surface area contributed by atoms with Gasteiger partial charge in [0.2, 0.25) is 0 Å². The third-order valence-electron chi connectivity index (χ3n) is 4.18. The van der Waals surface area contributed by atoms with Gasteiger partial charge in [0.05, 0.1) is 13.2 Å². The van der Waals surface area contributed by atoms with Crippen molar-refractivity contribution in [1.29, 1.82) is 0 Å². The number of esters is 1. The first-order chi connectivity index (χ1) is 11.8. The molecule has 0 heterocycles. The van der Waals surface area contributed by atoms with Crippen molar-refractivity contribution < 1.29 is 23.8 Å². The number of hydrogen-bond acceptors (Lipinski definition) is 5. The first kappa shape index (κ1) is 21.8. The fourth-order valence-corrected chi connectivity index (χ4v) is 3.04. The van der Waals surface area contributed by atoms with Crippen LogP contribution < -0.4 is 0 Å². The second-order valence-corrected chi connectivity index (χ2v) is 7.53. The third kappa shape index (κ3) is 9.75. The molecule has 5 heteroatoms. The van der Waals surface area contributed by atoms with Gasteiger partial charge < -0.3 is 14.2 Å². The molecule has 0 radical (unpaired) electrons. The van der Waals surface area contributed by atoms with Crippen molar-refractivity contribution in [2.75, 3.05) is 26.4 Å². The Labute approximate surface area is 152 Å². The molecular weight excluding hydrogens is 320 g/mol. The van der Waals surface area contributed by atoms with E-state index in [0.717, 1.165) is 25.7 Å². The van der Waals surface area contributed by atoms with Crippen molar-refractivity contribution in [3.05, 3.63) is 12.2 Å². The Morgan fingerprint density at radius 3 is 2.56 bits per heavy atom. The molecule has 0 aromatic rings. The number of ether oxygens (including phenoxy) is 3. The van der Waals surface area contributed by atoms with E-state index in [4.69, 9.17) is 14.2 Å². The minimum Gasteiger partial charge on any atom is -0.458 e. The van der Waals surface area contributed by atoms with Gasteiger partial charge in [-0.1, -0.05) is 19.1 Å². The molecule has 0 aliphatic heterocycles. The molecular formula is C20H34O5. The van der Waals surface area contributed by atoms with E-state index >= 15 is 0 Å². The van der Waals surface area contributed by atoms with Crippen molar-refractivity contribution in [3.63, 3.8) is 0 Å². The predicted molar refractivity (Wildman–Crippen MR) is 97.4 cm³/mol. The van der Waals surface area contributed by atoms with Crippen molar-refractivity contribution in [2.24, 2.45) is 11.8 Å². The molecule has 0 aromatic heterocycles. The molecule has 0 saturated heterocycles. The molecule has 0 unspecified atom stereocenters. The van der Waals surface area contributed by atoms with Crippen LogP contribution in [0.25, 0.3) is 0 Å². The zero-order chi connectivity index (χ0) is 18.7. The van der Waals surface area contributed by atoms with Crippen LogP contribution in [0.5, 0.6) is 0 Å². The highest BCUT2D eigenvalue weighted by atomic mass is 16.6. The van der Waals surface area contributed by atoms with Gasteiger partial charge in [-0.15, -0.1) is 0 Å². The summed E-state index contributed by atoms with van der Waals surface area (Å²) in [4.78, 5) is 23.4. The first-order valence-corrected chi connectivity index (χ1v) is 9.38. The van der Waals surface area contributed by atoms with Gasteiger partial charge in [-0.05, 0) is 52.4 Å². The Kier molecular flexibility index (Phi) is 9.98. The van der Waals surface area contributed by atoms with Crippen LogP contribution in [-0.4, -0.2) is 43.8 Å². The largest absolute Gasteiger partial charge is 0.458 e. The van der Waals surface area contributed by atoms with E-state index in [1.165, 1.54) is 0 Å². The van der Waals surface area contributed by atoms with E-state index in [1.54, 1.807) is 0 Å². The quantitative estimate of drug-likeness (QED) is 0.322. The number of rotatable bonds is 11. The van der Waals surface area contributed by atoms with Crippen molar-refractivity contribution in [1.82, 2.24) is 0 Å². The fourth-order valence-electron chi connectivity index (χ4n) is 3.04. The molecule has 25 heavy (non-hydrogen) atoms. The minimum absolute atomic E-state index is 0.0520. The molecule has 0 bridgehead atoms. The molecule has 2 atom stereocenters. The summed E-state index contributed by atoms with van der Waals surface area (Å²) in [5.74, 6) is 0.623. The van der Waals surface area contributed by atoms with Gasteiger partial charge in [-0.25, -0.2) is 4.79 Å². The molecule has 1 fully saturated rings. The second kappa shape index (κ2) is 11.4. The van der Waals surface area contributed by atoms with Crippen LogP contribution in [0.4, 0.5) is 0 Å². The minimum atomic E-state index is -0.488. The second-order valence-electron chi connectivity index (χ2n) is 7.53. The fraction of sp³-hybridized carbons (Fsp3) is 0.800. The molecule has 0 N–H and O–H groups in total. The van der Waals surface area contributed by atoms with Crippen molar-refractivity contribution >= 4 is 11.8 Å². The van der Waals surface area contributed by atoms with Gasteiger partial charge in [0.15, 0.2) is 0 Å². The molecule has 0 amide bonds. The van der Waals surface area contributed by atoms with Crippen molar-refractivity contribution in [3.8, 4) is 0 Å². The maximum absolute atomic E-state index is 12.0. The standard InChI is InChI=1S/C20H34O5/c1-5-6-7-8-17-16(9-10-18(17)21)11-12-23-13-14-24-15-19(22)25-20(2,3)4/h6-7,16-17H,5,8-15H2,1-4H3/b7-6-/t16-,17-/m1/s1. The maximum Gasteiger partial charge on any atom is 0.332 e. The monoisotopic (exact) mass is 354 g/mol. The average Bonchev–Trinajstić information content (AvgIpc) is 2.85. The zero-order valence-corrected chi connectivity index (χ0v) is 16.2. The van der Waals surface area contributed by atoms with E-state index in [9.17, 15) is 9.59 Å². The Balaban J connectivity index is 2.10. The third-order valence-corrected chi connectivity index (χ3v) is 4.18. The van der Waals surface area contributed by atoms with Crippen LogP contribution in [-0.2, 0) is 23.8 Å². The Hall–Kier alpha value is -1.20. The van der Waals surface area contributed by atoms with E-state index < -0.39 is 5.60 Å². The number of Topliss-reactive ketones (excluding diaryl/α,β-unsaturated/α-hetero) is 1. The smallest absolute Gasteiger partial charge is 0.332 e. The summed E-state index contributed by atoms with van der Waals surface area (Å²) in [7, 11) is 0. The van der Waals surface area contributed by atoms with Crippen LogP contribution >= 0.6 is 0 Å². The average molecular weight is 354 g/mol. The summed E-state index contributed by atoms with van der Waals surface area (Å²) in [6, 6.07) is 0. The van der Waals surface area contributed by atoms with E-state index in [1.807, 2.05) is 20.8 Å². The predicted octanol–water partition coefficient (Wildman–Crippen LogP) is 3.70. The van der Waals surface area contributed by atoms with E-state index in [0.29, 0.717) is 37.9 Å². The highest BCUT2D eigenvalue weighted by Gasteiger charge is 2.33. The van der Waals surface area contributed by atoms with E-state index in [2.05, 4.69) is 19.1 Å².